The third-order valence-electron chi connectivity index (χ3n) is 3.59. The lowest BCUT2D eigenvalue weighted by Gasteiger charge is -2.39. The molecule has 2 rings (SSSR count). The second-order valence-corrected chi connectivity index (χ2v) is 4.96. The Kier molecular flexibility index (Phi) is 3.77. The van der Waals surface area contributed by atoms with Gasteiger partial charge >= 0.3 is 0 Å². The molecule has 17 heavy (non-hydrogen) atoms. The molecule has 0 saturated carbocycles. The fourth-order valence-corrected chi connectivity index (χ4v) is 2.68. The molecule has 3 nitrogen and oxygen atoms in total. The fourth-order valence-electron chi connectivity index (χ4n) is 2.68. The van der Waals surface area contributed by atoms with Crippen LogP contribution in [0.15, 0.2) is 24.5 Å². The summed E-state index contributed by atoms with van der Waals surface area (Å²) < 4.78 is 0. The number of aromatic nitrogens is 1. The molecular weight excluding hydrogens is 212 g/mol. The van der Waals surface area contributed by atoms with Crippen molar-refractivity contribution in [1.82, 2.24) is 9.88 Å². The van der Waals surface area contributed by atoms with Gasteiger partial charge in [-0.15, -0.1) is 0 Å². The number of hydrogen-bond acceptors (Lipinski definition) is 2. The quantitative estimate of drug-likeness (QED) is 0.784. The first-order valence-electron chi connectivity index (χ1n) is 6.38. The average molecular weight is 232 g/mol. The van der Waals surface area contributed by atoms with Crippen LogP contribution in [-0.4, -0.2) is 27.9 Å². The van der Waals surface area contributed by atoms with Gasteiger partial charge in [0.05, 0.1) is 6.42 Å². The number of carbonyl (C=O) groups is 1. The van der Waals surface area contributed by atoms with Gasteiger partial charge in [-0.05, 0) is 50.8 Å². The van der Waals surface area contributed by atoms with Gasteiger partial charge in [0.2, 0.25) is 5.91 Å². The molecule has 2 unspecified atom stereocenters. The number of piperidine rings is 1. The molecule has 1 saturated heterocycles. The van der Waals surface area contributed by atoms with Gasteiger partial charge in [-0.1, -0.05) is 0 Å². The molecule has 1 fully saturated rings. The van der Waals surface area contributed by atoms with E-state index < -0.39 is 0 Å². The van der Waals surface area contributed by atoms with Gasteiger partial charge in [0.15, 0.2) is 0 Å². The summed E-state index contributed by atoms with van der Waals surface area (Å²) in [5.74, 6) is 0.246. The van der Waals surface area contributed by atoms with Crippen LogP contribution in [0.3, 0.4) is 0 Å². The highest BCUT2D eigenvalue weighted by molar-refractivity contribution is 5.79. The zero-order valence-corrected chi connectivity index (χ0v) is 10.6. The molecule has 2 heterocycles. The number of likely N-dealkylation sites (tertiary alicyclic amines) is 1. The largest absolute Gasteiger partial charge is 0.337 e. The standard InChI is InChI=1S/C14H20N2O/c1-11-4-3-5-12(2)16(11)14(17)10-13-6-8-15-9-7-13/h6-9,11-12H,3-5,10H2,1-2H3. The van der Waals surface area contributed by atoms with Gasteiger partial charge in [-0.25, -0.2) is 0 Å². The summed E-state index contributed by atoms with van der Waals surface area (Å²) in [6, 6.07) is 4.59. The lowest BCUT2D eigenvalue weighted by molar-refractivity contribution is -0.136. The van der Waals surface area contributed by atoms with Crippen LogP contribution in [-0.2, 0) is 11.2 Å². The summed E-state index contributed by atoms with van der Waals surface area (Å²) in [4.78, 5) is 18.3. The van der Waals surface area contributed by atoms with E-state index in [-0.39, 0.29) is 5.91 Å². The third kappa shape index (κ3) is 2.84. The molecule has 1 aromatic heterocycles. The maximum atomic E-state index is 12.3. The van der Waals surface area contributed by atoms with Crippen molar-refractivity contribution in [1.29, 1.82) is 0 Å². The first-order chi connectivity index (χ1) is 8.18. The maximum absolute atomic E-state index is 12.3. The van der Waals surface area contributed by atoms with Crippen LogP contribution >= 0.6 is 0 Å². The van der Waals surface area contributed by atoms with E-state index in [1.165, 1.54) is 6.42 Å². The van der Waals surface area contributed by atoms with Crippen LogP contribution in [0.1, 0.15) is 38.7 Å². The van der Waals surface area contributed by atoms with E-state index in [1.54, 1.807) is 12.4 Å². The Bertz CT molecular complexity index is 367. The Morgan fingerprint density at radius 2 is 1.88 bits per heavy atom. The van der Waals surface area contributed by atoms with Gasteiger partial charge in [0, 0.05) is 24.5 Å². The minimum Gasteiger partial charge on any atom is -0.337 e. The van der Waals surface area contributed by atoms with Crippen molar-refractivity contribution in [3.05, 3.63) is 30.1 Å². The van der Waals surface area contributed by atoms with Crippen molar-refractivity contribution in [2.45, 2.75) is 51.6 Å². The molecule has 2 atom stereocenters. The Morgan fingerprint density at radius 1 is 1.29 bits per heavy atom. The van der Waals surface area contributed by atoms with Gasteiger partial charge in [0.1, 0.15) is 0 Å². The van der Waals surface area contributed by atoms with Crippen LogP contribution in [0.5, 0.6) is 0 Å². The zero-order chi connectivity index (χ0) is 12.3. The number of nitrogens with zero attached hydrogens (tertiary/aromatic N) is 2. The van der Waals surface area contributed by atoms with Crippen LogP contribution in [0.25, 0.3) is 0 Å². The zero-order valence-electron chi connectivity index (χ0n) is 10.6. The number of hydrogen-bond donors (Lipinski definition) is 0. The molecule has 1 aromatic rings. The molecule has 1 aliphatic heterocycles. The Balaban J connectivity index is 2.04. The Hall–Kier alpha value is -1.38. The number of amides is 1. The molecule has 0 radical (unpaired) electrons. The Labute approximate surface area is 103 Å². The van der Waals surface area contributed by atoms with Crippen LogP contribution in [0, 0.1) is 0 Å². The Morgan fingerprint density at radius 3 is 2.47 bits per heavy atom. The molecule has 0 aliphatic carbocycles. The van der Waals surface area contributed by atoms with Crippen molar-refractivity contribution < 1.29 is 4.79 Å². The molecule has 3 heteroatoms. The summed E-state index contributed by atoms with van der Waals surface area (Å²) in [6.45, 7) is 4.31. The topological polar surface area (TPSA) is 33.2 Å². The van der Waals surface area contributed by atoms with Crippen LogP contribution < -0.4 is 0 Å². The normalized spacial score (nSPS) is 24.7. The summed E-state index contributed by atoms with van der Waals surface area (Å²) in [5, 5.41) is 0. The molecule has 0 aromatic carbocycles. The number of rotatable bonds is 2. The monoisotopic (exact) mass is 232 g/mol. The van der Waals surface area contributed by atoms with E-state index in [9.17, 15) is 4.79 Å². The van der Waals surface area contributed by atoms with Crippen molar-refractivity contribution in [2.24, 2.45) is 0 Å². The molecule has 0 N–H and O–H groups in total. The summed E-state index contributed by atoms with van der Waals surface area (Å²) in [7, 11) is 0. The molecule has 92 valence electrons. The highest BCUT2D eigenvalue weighted by Gasteiger charge is 2.28. The smallest absolute Gasteiger partial charge is 0.227 e. The molecule has 0 bridgehead atoms. The van der Waals surface area contributed by atoms with Crippen LogP contribution in [0.4, 0.5) is 0 Å². The lowest BCUT2D eigenvalue weighted by atomic mass is 9.96. The highest BCUT2D eigenvalue weighted by Crippen LogP contribution is 2.23. The number of pyridine rings is 1. The predicted molar refractivity (Wildman–Crippen MR) is 67.6 cm³/mol. The minimum atomic E-state index is 0.246. The van der Waals surface area contributed by atoms with Gasteiger partial charge in [-0.3, -0.25) is 9.78 Å². The first kappa shape index (κ1) is 12.1. The lowest BCUT2D eigenvalue weighted by Crippen LogP contribution is -2.48. The van der Waals surface area contributed by atoms with E-state index in [1.807, 2.05) is 12.1 Å². The minimum absolute atomic E-state index is 0.246. The van der Waals surface area contributed by atoms with Crippen LogP contribution in [0.2, 0.25) is 0 Å². The second-order valence-electron chi connectivity index (χ2n) is 4.96. The highest BCUT2D eigenvalue weighted by atomic mass is 16.2. The third-order valence-corrected chi connectivity index (χ3v) is 3.59. The van der Waals surface area contributed by atoms with Crippen molar-refractivity contribution in [2.75, 3.05) is 0 Å². The molecular formula is C14H20N2O. The molecule has 1 amide bonds. The van der Waals surface area contributed by atoms with E-state index >= 15 is 0 Å². The van der Waals surface area contributed by atoms with Gasteiger partial charge in [-0.2, -0.15) is 0 Å². The van der Waals surface area contributed by atoms with E-state index in [2.05, 4.69) is 23.7 Å². The first-order valence-corrected chi connectivity index (χ1v) is 6.38. The van der Waals surface area contributed by atoms with Crippen molar-refractivity contribution in [3.8, 4) is 0 Å². The van der Waals surface area contributed by atoms with Crippen molar-refractivity contribution in [3.63, 3.8) is 0 Å². The van der Waals surface area contributed by atoms with E-state index in [0.717, 1.165) is 18.4 Å². The summed E-state index contributed by atoms with van der Waals surface area (Å²) in [5.41, 5.74) is 1.05. The summed E-state index contributed by atoms with van der Waals surface area (Å²) >= 11 is 0. The SMILES string of the molecule is CC1CCCC(C)N1C(=O)Cc1ccncc1. The maximum Gasteiger partial charge on any atom is 0.227 e. The molecule has 0 spiro atoms. The number of carbonyl (C=O) groups excluding carboxylic acids is 1. The second kappa shape index (κ2) is 5.30. The van der Waals surface area contributed by atoms with E-state index in [4.69, 9.17) is 0 Å². The van der Waals surface area contributed by atoms with Gasteiger partial charge < -0.3 is 4.90 Å². The molecule has 1 aliphatic rings. The van der Waals surface area contributed by atoms with Crippen molar-refractivity contribution >= 4 is 5.91 Å². The predicted octanol–water partition coefficient (Wildman–Crippen LogP) is 2.41. The average Bonchev–Trinajstić information content (AvgIpc) is 2.30. The van der Waals surface area contributed by atoms with Gasteiger partial charge in [0.25, 0.3) is 0 Å². The summed E-state index contributed by atoms with van der Waals surface area (Å²) in [6.07, 6.45) is 7.48. The fraction of sp³-hybridized carbons (Fsp3) is 0.571. The van der Waals surface area contributed by atoms with E-state index in [0.29, 0.717) is 18.5 Å².